The fourth-order valence-electron chi connectivity index (χ4n) is 1.51. The molecule has 0 radical (unpaired) electrons. The van der Waals surface area contributed by atoms with Crippen LogP contribution in [-0.2, 0) is 16.6 Å². The molecular weight excluding hydrogens is 388 g/mol. The highest BCUT2D eigenvalue weighted by Gasteiger charge is 2.22. The van der Waals surface area contributed by atoms with Crippen molar-refractivity contribution < 1.29 is 8.42 Å². The Morgan fingerprint density at radius 1 is 1.45 bits per heavy atom. The lowest BCUT2D eigenvalue weighted by atomic mass is 10.5. The minimum absolute atomic E-state index is 0.0415. The second-order valence-corrected chi connectivity index (χ2v) is 8.37. The molecule has 0 bridgehead atoms. The minimum atomic E-state index is -3.70. The molecule has 0 atom stereocenters. The van der Waals surface area contributed by atoms with Gasteiger partial charge in [-0.25, -0.2) is 8.42 Å². The number of halogens is 2. The van der Waals surface area contributed by atoms with Crippen molar-refractivity contribution in [2.24, 2.45) is 0 Å². The van der Waals surface area contributed by atoms with Gasteiger partial charge < -0.3 is 4.98 Å². The van der Waals surface area contributed by atoms with Crippen LogP contribution < -0.4 is 5.56 Å². The smallest absolute Gasteiger partial charge is 0.266 e. The summed E-state index contributed by atoms with van der Waals surface area (Å²) in [7, 11) is -2.22. The Morgan fingerprint density at radius 3 is 2.70 bits per heavy atom. The van der Waals surface area contributed by atoms with Crippen LogP contribution in [0.15, 0.2) is 37.9 Å². The van der Waals surface area contributed by atoms with E-state index in [4.69, 9.17) is 11.6 Å². The van der Waals surface area contributed by atoms with Crippen molar-refractivity contribution in [2.45, 2.75) is 11.4 Å². The number of thiophene rings is 1. The van der Waals surface area contributed by atoms with Crippen LogP contribution in [0.3, 0.4) is 0 Å². The molecule has 0 aromatic carbocycles. The average Bonchev–Trinajstić information content (AvgIpc) is 2.78. The highest BCUT2D eigenvalue weighted by Crippen LogP contribution is 2.23. The summed E-state index contributed by atoms with van der Waals surface area (Å²) in [5.41, 5.74) is -0.518. The molecule has 108 valence electrons. The first-order valence-corrected chi connectivity index (χ1v) is 8.87. The van der Waals surface area contributed by atoms with Crippen LogP contribution in [0.25, 0.3) is 0 Å². The third-order valence-electron chi connectivity index (χ3n) is 2.54. The van der Waals surface area contributed by atoms with Crippen molar-refractivity contribution >= 4 is 48.9 Å². The van der Waals surface area contributed by atoms with Gasteiger partial charge in [-0.3, -0.25) is 4.79 Å². The first-order chi connectivity index (χ1) is 9.30. The maximum absolute atomic E-state index is 12.3. The Kier molecular flexibility index (Phi) is 4.70. The van der Waals surface area contributed by atoms with Crippen molar-refractivity contribution in [2.75, 3.05) is 7.05 Å². The van der Waals surface area contributed by atoms with Crippen LogP contribution in [0.4, 0.5) is 0 Å². The number of sulfonamides is 1. The summed E-state index contributed by atoms with van der Waals surface area (Å²) < 4.78 is 26.8. The zero-order valence-corrected chi connectivity index (χ0v) is 14.2. The molecule has 2 heterocycles. The number of hydrogen-bond acceptors (Lipinski definition) is 4. The molecule has 0 amide bonds. The van der Waals surface area contributed by atoms with E-state index < -0.39 is 15.6 Å². The summed E-state index contributed by atoms with van der Waals surface area (Å²) in [6, 6.07) is 3.01. The number of aromatic nitrogens is 1. The number of hydrogen-bond donors (Lipinski definition) is 1. The predicted molar refractivity (Wildman–Crippen MR) is 82.7 cm³/mol. The lowest BCUT2D eigenvalue weighted by Crippen LogP contribution is -2.27. The second-order valence-electron chi connectivity index (χ2n) is 4.00. The van der Waals surface area contributed by atoms with E-state index in [0.717, 1.165) is 21.6 Å². The number of rotatable bonds is 4. The summed E-state index contributed by atoms with van der Waals surface area (Å²) in [4.78, 5) is 14.3. The lowest BCUT2D eigenvalue weighted by Gasteiger charge is -2.16. The molecule has 0 aliphatic heterocycles. The van der Waals surface area contributed by atoms with E-state index in [2.05, 4.69) is 20.9 Å². The molecule has 0 aliphatic rings. The monoisotopic (exact) mass is 396 g/mol. The van der Waals surface area contributed by atoms with Gasteiger partial charge in [0.05, 0.1) is 4.90 Å². The minimum Gasteiger partial charge on any atom is -0.326 e. The van der Waals surface area contributed by atoms with Gasteiger partial charge >= 0.3 is 0 Å². The number of pyridine rings is 1. The fraction of sp³-hybridized carbons (Fsp3) is 0.182. The molecular formula is C11H10BrClN2O3S2. The highest BCUT2D eigenvalue weighted by atomic mass is 79.9. The van der Waals surface area contributed by atoms with Crippen molar-refractivity contribution in [1.29, 1.82) is 0 Å². The Labute approximate surface area is 133 Å². The number of nitrogens with zero attached hydrogens (tertiary/aromatic N) is 1. The number of aromatic amines is 1. The van der Waals surface area contributed by atoms with Crippen LogP contribution in [0, 0.1) is 0 Å². The van der Waals surface area contributed by atoms with Crippen molar-refractivity contribution in [1.82, 2.24) is 9.29 Å². The quantitative estimate of drug-likeness (QED) is 0.862. The van der Waals surface area contributed by atoms with Gasteiger partial charge in [0, 0.05) is 34.5 Å². The summed E-state index contributed by atoms with van der Waals surface area (Å²) >= 11 is 10.4. The summed E-state index contributed by atoms with van der Waals surface area (Å²) in [5, 5.41) is 1.73. The van der Waals surface area contributed by atoms with Crippen molar-refractivity contribution in [3.8, 4) is 0 Å². The fourth-order valence-corrected chi connectivity index (χ4v) is 4.47. The van der Waals surface area contributed by atoms with Crippen LogP contribution >= 0.6 is 38.9 Å². The molecule has 0 saturated carbocycles. The van der Waals surface area contributed by atoms with Gasteiger partial charge in [-0.05, 0) is 28.1 Å². The standard InChI is InChI=1S/C11H10BrClN2O3S2/c1-15(5-8-2-7(12)6-19-8)20(17,18)9-3-10(13)11(16)14-4-9/h2-4,6H,5H2,1H3,(H,14,16). The van der Waals surface area contributed by atoms with Gasteiger partial charge in [-0.2, -0.15) is 4.31 Å². The maximum Gasteiger partial charge on any atom is 0.266 e. The van der Waals surface area contributed by atoms with E-state index in [1.165, 1.54) is 22.7 Å². The van der Waals surface area contributed by atoms with Gasteiger partial charge in [0.25, 0.3) is 5.56 Å². The largest absolute Gasteiger partial charge is 0.326 e. The third kappa shape index (κ3) is 3.32. The van der Waals surface area contributed by atoms with Crippen molar-refractivity contribution in [3.63, 3.8) is 0 Å². The zero-order chi connectivity index (χ0) is 14.9. The van der Waals surface area contributed by atoms with E-state index in [0.29, 0.717) is 0 Å². The lowest BCUT2D eigenvalue weighted by molar-refractivity contribution is 0.469. The van der Waals surface area contributed by atoms with Crippen LogP contribution in [0.1, 0.15) is 4.88 Å². The van der Waals surface area contributed by atoms with E-state index in [-0.39, 0.29) is 16.5 Å². The molecule has 0 aliphatic carbocycles. The SMILES string of the molecule is CN(Cc1cc(Br)cs1)S(=O)(=O)c1c[nH]c(=O)c(Cl)c1. The average molecular weight is 398 g/mol. The van der Waals surface area contributed by atoms with Gasteiger partial charge in [0.1, 0.15) is 5.02 Å². The molecule has 0 unspecified atom stereocenters. The molecule has 2 aromatic rings. The summed E-state index contributed by atoms with van der Waals surface area (Å²) in [5.74, 6) is 0. The molecule has 2 rings (SSSR count). The molecule has 0 spiro atoms. The highest BCUT2D eigenvalue weighted by molar-refractivity contribution is 9.10. The van der Waals surface area contributed by atoms with Gasteiger partial charge in [0.15, 0.2) is 0 Å². The molecule has 0 saturated heterocycles. The molecule has 0 fully saturated rings. The molecule has 2 aromatic heterocycles. The van der Waals surface area contributed by atoms with Crippen LogP contribution in [0.2, 0.25) is 5.02 Å². The second kappa shape index (κ2) is 5.98. The normalized spacial score (nSPS) is 12.0. The maximum atomic E-state index is 12.3. The third-order valence-corrected chi connectivity index (χ3v) is 6.28. The topological polar surface area (TPSA) is 70.2 Å². The molecule has 5 nitrogen and oxygen atoms in total. The molecule has 1 N–H and O–H groups in total. The Morgan fingerprint density at radius 2 is 2.15 bits per heavy atom. The Balaban J connectivity index is 2.29. The first-order valence-electron chi connectivity index (χ1n) is 5.38. The van der Waals surface area contributed by atoms with Crippen LogP contribution in [-0.4, -0.2) is 24.8 Å². The van der Waals surface area contributed by atoms with Gasteiger partial charge in [-0.1, -0.05) is 11.6 Å². The van der Waals surface area contributed by atoms with Crippen molar-refractivity contribution in [3.05, 3.63) is 48.4 Å². The van der Waals surface area contributed by atoms with E-state index in [1.54, 1.807) is 0 Å². The van der Waals surface area contributed by atoms with Gasteiger partial charge in [-0.15, -0.1) is 11.3 Å². The van der Waals surface area contributed by atoms with E-state index in [1.807, 2.05) is 11.4 Å². The predicted octanol–water partition coefficient (Wildman–Crippen LogP) is 2.67. The molecule has 20 heavy (non-hydrogen) atoms. The number of nitrogens with one attached hydrogen (secondary N) is 1. The van der Waals surface area contributed by atoms with Gasteiger partial charge in [0.2, 0.25) is 10.0 Å². The first kappa shape index (κ1) is 15.7. The Hall–Kier alpha value is -0.670. The summed E-state index contributed by atoms with van der Waals surface area (Å²) in [6.07, 6.45) is 1.14. The van der Waals surface area contributed by atoms with E-state index in [9.17, 15) is 13.2 Å². The van der Waals surface area contributed by atoms with Crippen LogP contribution in [0.5, 0.6) is 0 Å². The van der Waals surface area contributed by atoms with E-state index >= 15 is 0 Å². The number of H-pyrrole nitrogens is 1. The zero-order valence-electron chi connectivity index (χ0n) is 10.3. The Bertz CT molecular complexity index is 785. The summed E-state index contributed by atoms with van der Waals surface area (Å²) in [6.45, 7) is 0.245. The molecule has 9 heteroatoms.